The van der Waals surface area contributed by atoms with Gasteiger partial charge in [-0.3, -0.25) is 4.79 Å². The highest BCUT2D eigenvalue weighted by molar-refractivity contribution is 6.36. The molecule has 2 rings (SSSR count). The highest BCUT2D eigenvalue weighted by Crippen LogP contribution is 2.24. The zero-order valence-electron chi connectivity index (χ0n) is 11.1. The number of nitrogens with one attached hydrogen (secondary N) is 1. The number of aliphatic hydroxyl groups is 1. The van der Waals surface area contributed by atoms with Crippen LogP contribution in [0.3, 0.4) is 0 Å². The minimum atomic E-state index is -1.24. The first-order valence-electron chi connectivity index (χ1n) is 6.25. The number of halogens is 4. The van der Waals surface area contributed by atoms with Gasteiger partial charge in [-0.1, -0.05) is 41.4 Å². The van der Waals surface area contributed by atoms with Crippen LogP contribution in [0.5, 0.6) is 0 Å². The Labute approximate surface area is 135 Å². The molecule has 116 valence electrons. The van der Waals surface area contributed by atoms with E-state index in [1.807, 2.05) is 0 Å². The maximum Gasteiger partial charge on any atom is 0.253 e. The van der Waals surface area contributed by atoms with Gasteiger partial charge in [-0.05, 0) is 18.2 Å². The highest BCUT2D eigenvalue weighted by Gasteiger charge is 2.17. The summed E-state index contributed by atoms with van der Waals surface area (Å²) in [6.45, 7) is -0.250. The molecule has 2 aromatic rings. The summed E-state index contributed by atoms with van der Waals surface area (Å²) in [7, 11) is 0. The van der Waals surface area contributed by atoms with Gasteiger partial charge < -0.3 is 10.4 Å². The van der Waals surface area contributed by atoms with Crippen molar-refractivity contribution in [2.24, 2.45) is 0 Å². The smallest absolute Gasteiger partial charge is 0.253 e. The molecular weight excluding hydrogens is 335 g/mol. The second-order valence-electron chi connectivity index (χ2n) is 4.49. The average Bonchev–Trinajstić information content (AvgIpc) is 2.48. The number of hydrogen-bond acceptors (Lipinski definition) is 2. The molecule has 0 aliphatic rings. The van der Waals surface area contributed by atoms with Crippen LogP contribution >= 0.6 is 23.2 Å². The van der Waals surface area contributed by atoms with E-state index in [9.17, 15) is 18.7 Å². The maximum absolute atomic E-state index is 13.5. The lowest BCUT2D eigenvalue weighted by molar-refractivity contribution is 0.0914. The van der Waals surface area contributed by atoms with Gasteiger partial charge in [0.1, 0.15) is 11.6 Å². The van der Waals surface area contributed by atoms with Crippen LogP contribution in [0.2, 0.25) is 10.0 Å². The fraction of sp³-hybridized carbons (Fsp3) is 0.133. The average molecular weight is 346 g/mol. The van der Waals surface area contributed by atoms with Gasteiger partial charge in [0.15, 0.2) is 0 Å². The Kier molecular flexibility index (Phi) is 5.34. The number of hydrogen-bond donors (Lipinski definition) is 2. The van der Waals surface area contributed by atoms with Crippen LogP contribution in [-0.4, -0.2) is 17.6 Å². The third-order valence-corrected chi connectivity index (χ3v) is 3.58. The second kappa shape index (κ2) is 7.05. The van der Waals surface area contributed by atoms with Crippen LogP contribution in [0.1, 0.15) is 22.0 Å². The first kappa shape index (κ1) is 16.7. The summed E-state index contributed by atoms with van der Waals surface area (Å²) in [4.78, 5) is 11.9. The predicted molar refractivity (Wildman–Crippen MR) is 80.1 cm³/mol. The van der Waals surface area contributed by atoms with Crippen LogP contribution in [0.15, 0.2) is 36.4 Å². The van der Waals surface area contributed by atoms with Crippen molar-refractivity contribution in [1.29, 1.82) is 0 Å². The zero-order valence-corrected chi connectivity index (χ0v) is 12.6. The molecule has 0 heterocycles. The molecule has 22 heavy (non-hydrogen) atoms. The number of benzene rings is 2. The van der Waals surface area contributed by atoms with Gasteiger partial charge in [0, 0.05) is 12.1 Å². The molecule has 2 N–H and O–H groups in total. The molecule has 0 spiro atoms. The maximum atomic E-state index is 13.5. The molecule has 2 aromatic carbocycles. The minimum absolute atomic E-state index is 0.0238. The van der Waals surface area contributed by atoms with E-state index in [1.54, 1.807) is 6.07 Å². The first-order chi connectivity index (χ1) is 10.4. The van der Waals surface area contributed by atoms with E-state index in [4.69, 9.17) is 23.2 Å². The summed E-state index contributed by atoms with van der Waals surface area (Å²) >= 11 is 11.4. The molecule has 0 aliphatic carbocycles. The van der Waals surface area contributed by atoms with Gasteiger partial charge in [0.2, 0.25) is 0 Å². The first-order valence-corrected chi connectivity index (χ1v) is 7.01. The largest absolute Gasteiger partial charge is 0.386 e. The summed E-state index contributed by atoms with van der Waals surface area (Å²) in [5, 5.41) is 12.0. The molecule has 0 saturated heterocycles. The van der Waals surface area contributed by atoms with E-state index < -0.39 is 23.6 Å². The Hall–Kier alpha value is -1.69. The van der Waals surface area contributed by atoms with Crippen molar-refractivity contribution in [1.82, 2.24) is 5.32 Å². The Morgan fingerprint density at radius 2 is 1.82 bits per heavy atom. The Morgan fingerprint density at radius 3 is 2.50 bits per heavy atom. The summed E-state index contributed by atoms with van der Waals surface area (Å²) in [5.41, 5.74) is -0.0690. The van der Waals surface area contributed by atoms with E-state index in [1.165, 1.54) is 18.2 Å². The molecule has 1 amide bonds. The van der Waals surface area contributed by atoms with Crippen molar-refractivity contribution in [3.63, 3.8) is 0 Å². The second-order valence-corrected chi connectivity index (χ2v) is 5.31. The highest BCUT2D eigenvalue weighted by atomic mass is 35.5. The molecule has 0 aromatic heterocycles. The zero-order chi connectivity index (χ0) is 16.3. The molecule has 0 bridgehead atoms. The SMILES string of the molecule is O=C(NCC(O)c1ccccc1F)c1cc(F)c(Cl)cc1Cl. The van der Waals surface area contributed by atoms with Crippen molar-refractivity contribution >= 4 is 29.1 Å². The van der Waals surface area contributed by atoms with Crippen molar-refractivity contribution in [2.45, 2.75) is 6.10 Å². The Bertz CT molecular complexity index is 710. The van der Waals surface area contributed by atoms with Crippen molar-refractivity contribution in [2.75, 3.05) is 6.54 Å². The Balaban J connectivity index is 2.07. The summed E-state index contributed by atoms with van der Waals surface area (Å²) in [6.07, 6.45) is -1.24. The number of aliphatic hydroxyl groups excluding tert-OH is 1. The normalized spacial score (nSPS) is 12.0. The monoisotopic (exact) mass is 345 g/mol. The lowest BCUT2D eigenvalue weighted by atomic mass is 10.1. The van der Waals surface area contributed by atoms with Crippen molar-refractivity contribution < 1.29 is 18.7 Å². The third kappa shape index (κ3) is 3.74. The van der Waals surface area contributed by atoms with Crippen LogP contribution in [0.4, 0.5) is 8.78 Å². The predicted octanol–water partition coefficient (Wildman–Crippen LogP) is 3.74. The van der Waals surface area contributed by atoms with E-state index in [0.717, 1.165) is 12.1 Å². The molecular formula is C15H11Cl2F2NO2. The topological polar surface area (TPSA) is 49.3 Å². The Morgan fingerprint density at radius 1 is 1.14 bits per heavy atom. The molecule has 3 nitrogen and oxygen atoms in total. The summed E-state index contributed by atoms with van der Waals surface area (Å²) in [6, 6.07) is 7.67. The van der Waals surface area contributed by atoms with Gasteiger partial charge >= 0.3 is 0 Å². The van der Waals surface area contributed by atoms with Gasteiger partial charge in [0.05, 0.1) is 21.7 Å². The third-order valence-electron chi connectivity index (χ3n) is 2.97. The van der Waals surface area contributed by atoms with E-state index in [0.29, 0.717) is 0 Å². The molecule has 0 radical (unpaired) electrons. The van der Waals surface area contributed by atoms with Crippen LogP contribution < -0.4 is 5.32 Å². The fourth-order valence-corrected chi connectivity index (χ4v) is 2.31. The van der Waals surface area contributed by atoms with Crippen molar-refractivity contribution in [3.8, 4) is 0 Å². The lowest BCUT2D eigenvalue weighted by Crippen LogP contribution is -2.29. The van der Waals surface area contributed by atoms with E-state index in [2.05, 4.69) is 5.32 Å². The van der Waals surface area contributed by atoms with Crippen LogP contribution in [-0.2, 0) is 0 Å². The standard InChI is InChI=1S/C15H11Cl2F2NO2/c16-10-6-11(17)13(19)5-9(10)15(22)20-7-14(21)8-3-1-2-4-12(8)18/h1-6,14,21H,7H2,(H,20,22). The summed E-state index contributed by atoms with van der Waals surface area (Å²) < 4.78 is 26.9. The van der Waals surface area contributed by atoms with Gasteiger partial charge in [-0.25, -0.2) is 8.78 Å². The fourth-order valence-electron chi connectivity index (χ4n) is 1.84. The molecule has 7 heteroatoms. The number of rotatable bonds is 4. The van der Waals surface area contributed by atoms with Crippen molar-refractivity contribution in [3.05, 3.63) is 69.2 Å². The van der Waals surface area contributed by atoms with E-state index in [-0.39, 0.29) is 27.7 Å². The quantitative estimate of drug-likeness (QED) is 0.829. The molecule has 1 unspecified atom stereocenters. The van der Waals surface area contributed by atoms with Crippen LogP contribution in [0, 0.1) is 11.6 Å². The van der Waals surface area contributed by atoms with Gasteiger partial charge in [-0.2, -0.15) is 0 Å². The number of carbonyl (C=O) groups excluding carboxylic acids is 1. The van der Waals surface area contributed by atoms with Gasteiger partial charge in [0.25, 0.3) is 5.91 Å². The van der Waals surface area contributed by atoms with Gasteiger partial charge in [-0.15, -0.1) is 0 Å². The van der Waals surface area contributed by atoms with Crippen LogP contribution in [0.25, 0.3) is 0 Å². The molecule has 1 atom stereocenters. The summed E-state index contributed by atoms with van der Waals surface area (Å²) in [5.74, 6) is -2.07. The van der Waals surface area contributed by atoms with E-state index >= 15 is 0 Å². The number of amides is 1. The minimum Gasteiger partial charge on any atom is -0.386 e. The lowest BCUT2D eigenvalue weighted by Gasteiger charge is -2.13. The molecule has 0 aliphatic heterocycles. The molecule has 0 fully saturated rings. The number of carbonyl (C=O) groups is 1. The molecule has 0 saturated carbocycles.